The summed E-state index contributed by atoms with van der Waals surface area (Å²) in [6.45, 7) is 12.8. The predicted molar refractivity (Wildman–Crippen MR) is 104 cm³/mol. The third-order valence-corrected chi connectivity index (χ3v) is 5.68. The number of rotatable bonds is 9. The van der Waals surface area contributed by atoms with E-state index in [4.69, 9.17) is 4.74 Å². The van der Waals surface area contributed by atoms with Crippen molar-refractivity contribution in [2.45, 2.75) is 111 Å². The van der Waals surface area contributed by atoms with E-state index in [0.29, 0.717) is 0 Å². The standard InChI is InChI=1S/C21H36F6O4/c1-9-18(8,29)17(7,12-16(4,5)6)15(28)31-14(10-13(2)3)11-19(30,20(22,23)24)21(25,26)27/h13-14,29-30H,9-12H2,1-8H3. The summed E-state index contributed by atoms with van der Waals surface area (Å²) in [5.41, 5.74) is -8.79. The highest BCUT2D eigenvalue weighted by Crippen LogP contribution is 2.48. The molecule has 0 amide bonds. The van der Waals surface area contributed by atoms with Crippen LogP contribution in [0, 0.1) is 16.7 Å². The van der Waals surface area contributed by atoms with Crippen molar-refractivity contribution in [2.24, 2.45) is 16.7 Å². The topological polar surface area (TPSA) is 66.8 Å². The molecular weight excluding hydrogens is 430 g/mol. The fourth-order valence-corrected chi connectivity index (χ4v) is 3.64. The lowest BCUT2D eigenvalue weighted by Gasteiger charge is -2.44. The second-order valence-corrected chi connectivity index (χ2v) is 10.4. The molecule has 31 heavy (non-hydrogen) atoms. The van der Waals surface area contributed by atoms with Gasteiger partial charge in [-0.2, -0.15) is 26.3 Å². The van der Waals surface area contributed by atoms with Crippen molar-refractivity contribution in [3.63, 3.8) is 0 Å². The number of ether oxygens (including phenoxy) is 1. The quantitative estimate of drug-likeness (QED) is 0.333. The van der Waals surface area contributed by atoms with Crippen LogP contribution in [0.3, 0.4) is 0 Å². The number of aliphatic hydroxyl groups is 2. The van der Waals surface area contributed by atoms with E-state index in [0.717, 1.165) is 0 Å². The largest absolute Gasteiger partial charge is 0.462 e. The fraction of sp³-hybridized carbons (Fsp3) is 0.952. The Bertz CT molecular complexity index is 590. The number of esters is 1. The minimum atomic E-state index is -6.02. The molecule has 0 saturated heterocycles. The molecule has 0 heterocycles. The molecule has 10 heteroatoms. The van der Waals surface area contributed by atoms with Crippen molar-refractivity contribution in [1.29, 1.82) is 0 Å². The lowest BCUT2D eigenvalue weighted by atomic mass is 9.64. The van der Waals surface area contributed by atoms with Gasteiger partial charge in [-0.15, -0.1) is 0 Å². The third-order valence-electron chi connectivity index (χ3n) is 5.68. The Morgan fingerprint density at radius 2 is 1.32 bits per heavy atom. The maximum absolute atomic E-state index is 13.2. The molecule has 0 aliphatic rings. The number of carbonyl (C=O) groups excluding carboxylic acids is 1. The molecule has 2 N–H and O–H groups in total. The Labute approximate surface area is 180 Å². The van der Waals surface area contributed by atoms with Gasteiger partial charge in [0.2, 0.25) is 0 Å². The van der Waals surface area contributed by atoms with Gasteiger partial charge >= 0.3 is 18.3 Å². The van der Waals surface area contributed by atoms with Crippen LogP contribution in [0.4, 0.5) is 26.3 Å². The molecule has 0 aliphatic carbocycles. The summed E-state index contributed by atoms with van der Waals surface area (Å²) in [7, 11) is 0. The van der Waals surface area contributed by atoms with Crippen molar-refractivity contribution in [3.8, 4) is 0 Å². The van der Waals surface area contributed by atoms with Crippen LogP contribution in [0.1, 0.15) is 81.1 Å². The molecule has 0 aromatic rings. The number of hydrogen-bond donors (Lipinski definition) is 2. The van der Waals surface area contributed by atoms with Crippen LogP contribution in [0.25, 0.3) is 0 Å². The second kappa shape index (κ2) is 9.45. The number of halogens is 6. The first kappa shape index (κ1) is 30.0. The van der Waals surface area contributed by atoms with Gasteiger partial charge < -0.3 is 14.9 Å². The Kier molecular flexibility index (Phi) is 9.14. The molecule has 4 nitrogen and oxygen atoms in total. The lowest BCUT2D eigenvalue weighted by Crippen LogP contribution is -2.59. The Morgan fingerprint density at radius 1 is 0.903 bits per heavy atom. The van der Waals surface area contributed by atoms with Crippen LogP contribution in [-0.4, -0.2) is 45.8 Å². The highest BCUT2D eigenvalue weighted by Gasteiger charge is 2.71. The van der Waals surface area contributed by atoms with Gasteiger partial charge in [-0.05, 0) is 44.4 Å². The molecule has 0 fully saturated rings. The third kappa shape index (κ3) is 7.23. The minimum absolute atomic E-state index is 0.0664. The van der Waals surface area contributed by atoms with Gasteiger partial charge in [0.05, 0.1) is 11.0 Å². The van der Waals surface area contributed by atoms with Gasteiger partial charge in [0, 0.05) is 6.42 Å². The van der Waals surface area contributed by atoms with Gasteiger partial charge in [-0.25, -0.2) is 0 Å². The van der Waals surface area contributed by atoms with Gasteiger partial charge in [-0.3, -0.25) is 4.79 Å². The van der Waals surface area contributed by atoms with Crippen LogP contribution in [0.2, 0.25) is 0 Å². The maximum atomic E-state index is 13.2. The van der Waals surface area contributed by atoms with E-state index in [1.807, 2.05) is 0 Å². The highest BCUT2D eigenvalue weighted by molar-refractivity contribution is 5.78. The Balaban J connectivity index is 6.21. The first-order chi connectivity index (χ1) is 13.4. The van der Waals surface area contributed by atoms with E-state index < -0.39 is 58.8 Å². The van der Waals surface area contributed by atoms with E-state index in [9.17, 15) is 41.4 Å². The molecule has 0 aromatic carbocycles. The normalized spacial score (nSPS) is 19.0. The van der Waals surface area contributed by atoms with E-state index in [1.165, 1.54) is 27.7 Å². The number of hydrogen-bond acceptors (Lipinski definition) is 4. The second-order valence-electron chi connectivity index (χ2n) is 10.4. The van der Waals surface area contributed by atoms with Crippen molar-refractivity contribution >= 4 is 5.97 Å². The van der Waals surface area contributed by atoms with Gasteiger partial charge in [0.15, 0.2) is 0 Å². The number of carbonyl (C=O) groups is 1. The first-order valence-corrected chi connectivity index (χ1v) is 10.2. The van der Waals surface area contributed by atoms with Crippen LogP contribution in [0.5, 0.6) is 0 Å². The molecule has 0 saturated carbocycles. The minimum Gasteiger partial charge on any atom is -0.462 e. The molecule has 0 rings (SSSR count). The molecule has 3 atom stereocenters. The SMILES string of the molecule is CCC(C)(O)C(C)(CC(C)(C)C)C(=O)OC(CC(C)C)CC(O)(C(F)(F)F)C(F)(F)F. The predicted octanol–water partition coefficient (Wildman–Crippen LogP) is 5.79. The smallest absolute Gasteiger partial charge is 0.426 e. The molecule has 0 spiro atoms. The average molecular weight is 467 g/mol. The van der Waals surface area contributed by atoms with Crippen LogP contribution in [-0.2, 0) is 9.53 Å². The molecular formula is C21H36F6O4. The molecule has 186 valence electrons. The molecule has 3 unspecified atom stereocenters. The fourth-order valence-electron chi connectivity index (χ4n) is 3.64. The van der Waals surface area contributed by atoms with Crippen LogP contribution in [0.15, 0.2) is 0 Å². The highest BCUT2D eigenvalue weighted by atomic mass is 19.4. The zero-order chi connectivity index (χ0) is 25.3. The van der Waals surface area contributed by atoms with Gasteiger partial charge in [0.25, 0.3) is 5.60 Å². The van der Waals surface area contributed by atoms with E-state index >= 15 is 0 Å². The first-order valence-electron chi connectivity index (χ1n) is 10.2. The molecule has 0 bridgehead atoms. The Morgan fingerprint density at radius 3 is 1.61 bits per heavy atom. The van der Waals surface area contributed by atoms with E-state index in [-0.39, 0.29) is 19.3 Å². The molecule has 0 aromatic heterocycles. The zero-order valence-electron chi connectivity index (χ0n) is 19.5. The maximum Gasteiger partial charge on any atom is 0.426 e. The summed E-state index contributed by atoms with van der Waals surface area (Å²) >= 11 is 0. The summed E-state index contributed by atoms with van der Waals surface area (Å²) in [6.07, 6.45) is -16.0. The summed E-state index contributed by atoms with van der Waals surface area (Å²) in [6, 6.07) is 0. The monoisotopic (exact) mass is 466 g/mol. The van der Waals surface area contributed by atoms with Crippen molar-refractivity contribution < 1.29 is 46.1 Å². The van der Waals surface area contributed by atoms with Crippen molar-refractivity contribution in [2.75, 3.05) is 0 Å². The average Bonchev–Trinajstić information content (AvgIpc) is 2.49. The van der Waals surface area contributed by atoms with E-state index in [1.54, 1.807) is 27.7 Å². The Hall–Kier alpha value is -1.03. The number of alkyl halides is 6. The summed E-state index contributed by atoms with van der Waals surface area (Å²) < 4.78 is 84.3. The molecule has 0 aliphatic heterocycles. The van der Waals surface area contributed by atoms with Crippen molar-refractivity contribution in [3.05, 3.63) is 0 Å². The lowest BCUT2D eigenvalue weighted by molar-refractivity contribution is -0.374. The van der Waals surface area contributed by atoms with Crippen molar-refractivity contribution in [1.82, 2.24) is 0 Å². The summed E-state index contributed by atoms with van der Waals surface area (Å²) in [5.74, 6) is -1.53. The molecule has 0 radical (unpaired) electrons. The summed E-state index contributed by atoms with van der Waals surface area (Å²) in [5, 5.41) is 20.4. The van der Waals surface area contributed by atoms with Gasteiger partial charge in [-0.1, -0.05) is 41.5 Å². The van der Waals surface area contributed by atoms with E-state index in [2.05, 4.69) is 0 Å². The van der Waals surface area contributed by atoms with Crippen LogP contribution < -0.4 is 0 Å². The summed E-state index contributed by atoms with van der Waals surface area (Å²) in [4.78, 5) is 13.1. The van der Waals surface area contributed by atoms with Gasteiger partial charge in [0.1, 0.15) is 6.10 Å². The van der Waals surface area contributed by atoms with Crippen LogP contribution >= 0.6 is 0 Å². The zero-order valence-corrected chi connectivity index (χ0v) is 19.5.